The van der Waals surface area contributed by atoms with E-state index in [1.54, 1.807) is 0 Å². The summed E-state index contributed by atoms with van der Waals surface area (Å²) in [5.74, 6) is 0. The van der Waals surface area contributed by atoms with Crippen LogP contribution in [0.15, 0.2) is 0 Å². The Morgan fingerprint density at radius 2 is 1.88 bits per heavy atom. The summed E-state index contributed by atoms with van der Waals surface area (Å²) in [4.78, 5) is 5.19. The Bertz CT molecular complexity index is 214. The molecule has 3 heteroatoms. The molecule has 1 aliphatic heterocycles. The average molecular weight is 226 g/mol. The molecular formula is C13H26N2O. The lowest BCUT2D eigenvalue weighted by atomic mass is 10.1. The maximum atomic E-state index is 9.57. The topological polar surface area (TPSA) is 26.7 Å². The second-order valence-corrected chi connectivity index (χ2v) is 5.45. The highest BCUT2D eigenvalue weighted by atomic mass is 16.3. The van der Waals surface area contributed by atoms with Crippen LogP contribution in [0.1, 0.15) is 39.5 Å². The van der Waals surface area contributed by atoms with Crippen molar-refractivity contribution in [2.45, 2.75) is 57.7 Å². The monoisotopic (exact) mass is 226 g/mol. The zero-order chi connectivity index (χ0) is 11.5. The molecule has 16 heavy (non-hydrogen) atoms. The van der Waals surface area contributed by atoms with E-state index in [0.717, 1.165) is 18.9 Å². The van der Waals surface area contributed by atoms with Crippen LogP contribution in [-0.2, 0) is 0 Å². The lowest BCUT2D eigenvalue weighted by molar-refractivity contribution is 0.0683. The van der Waals surface area contributed by atoms with Gasteiger partial charge in [-0.25, -0.2) is 0 Å². The van der Waals surface area contributed by atoms with Gasteiger partial charge in [0, 0.05) is 38.3 Å². The lowest BCUT2D eigenvalue weighted by Gasteiger charge is -2.40. The normalized spacial score (nSPS) is 35.4. The summed E-state index contributed by atoms with van der Waals surface area (Å²) >= 11 is 0. The molecule has 2 fully saturated rings. The Morgan fingerprint density at radius 1 is 1.19 bits per heavy atom. The van der Waals surface area contributed by atoms with Gasteiger partial charge in [0.2, 0.25) is 0 Å². The molecule has 94 valence electrons. The van der Waals surface area contributed by atoms with Crippen LogP contribution < -0.4 is 0 Å². The molecular weight excluding hydrogens is 200 g/mol. The zero-order valence-corrected chi connectivity index (χ0v) is 10.7. The van der Waals surface area contributed by atoms with Crippen molar-refractivity contribution in [3.63, 3.8) is 0 Å². The van der Waals surface area contributed by atoms with E-state index >= 15 is 0 Å². The molecule has 0 bridgehead atoms. The van der Waals surface area contributed by atoms with Gasteiger partial charge in [-0.3, -0.25) is 9.80 Å². The Labute approximate surface area is 99.4 Å². The van der Waals surface area contributed by atoms with Crippen LogP contribution in [0, 0.1) is 0 Å². The number of aliphatic hydroxyl groups is 1. The van der Waals surface area contributed by atoms with Gasteiger partial charge in [0.1, 0.15) is 0 Å². The number of hydrogen-bond acceptors (Lipinski definition) is 3. The molecule has 0 aromatic heterocycles. The Balaban J connectivity index is 1.77. The van der Waals surface area contributed by atoms with E-state index in [0.29, 0.717) is 6.04 Å². The third-order valence-corrected chi connectivity index (χ3v) is 4.46. The minimum Gasteiger partial charge on any atom is -0.393 e. The van der Waals surface area contributed by atoms with Crippen molar-refractivity contribution in [1.82, 2.24) is 9.80 Å². The largest absolute Gasteiger partial charge is 0.393 e. The fourth-order valence-electron chi connectivity index (χ4n) is 3.07. The summed E-state index contributed by atoms with van der Waals surface area (Å²) in [5.41, 5.74) is 0. The molecule has 3 unspecified atom stereocenters. The van der Waals surface area contributed by atoms with E-state index in [1.807, 2.05) is 0 Å². The van der Waals surface area contributed by atoms with Gasteiger partial charge in [-0.1, -0.05) is 6.92 Å². The van der Waals surface area contributed by atoms with Gasteiger partial charge < -0.3 is 5.11 Å². The van der Waals surface area contributed by atoms with Crippen LogP contribution in [-0.4, -0.2) is 59.3 Å². The van der Waals surface area contributed by atoms with Gasteiger partial charge in [0.25, 0.3) is 0 Å². The number of piperazine rings is 1. The average Bonchev–Trinajstić information content (AvgIpc) is 2.75. The molecule has 2 rings (SSSR count). The van der Waals surface area contributed by atoms with Crippen LogP contribution in [0.25, 0.3) is 0 Å². The fraction of sp³-hybridized carbons (Fsp3) is 1.00. The highest BCUT2D eigenvalue weighted by molar-refractivity contribution is 4.86. The maximum Gasteiger partial charge on any atom is 0.0555 e. The molecule has 2 aliphatic rings. The lowest BCUT2D eigenvalue weighted by Crippen LogP contribution is -2.52. The van der Waals surface area contributed by atoms with E-state index in [9.17, 15) is 5.11 Å². The maximum absolute atomic E-state index is 9.57. The van der Waals surface area contributed by atoms with Crippen LogP contribution in [0.4, 0.5) is 0 Å². The van der Waals surface area contributed by atoms with Crippen LogP contribution in [0.3, 0.4) is 0 Å². The molecule has 0 amide bonds. The Hall–Kier alpha value is -0.120. The van der Waals surface area contributed by atoms with Gasteiger partial charge in [0.05, 0.1) is 6.10 Å². The van der Waals surface area contributed by atoms with Gasteiger partial charge in [0.15, 0.2) is 0 Å². The molecule has 0 spiro atoms. The van der Waals surface area contributed by atoms with Crippen molar-refractivity contribution in [2.24, 2.45) is 0 Å². The molecule has 3 atom stereocenters. The van der Waals surface area contributed by atoms with Gasteiger partial charge in [-0.2, -0.15) is 0 Å². The van der Waals surface area contributed by atoms with Gasteiger partial charge >= 0.3 is 0 Å². The molecule has 0 aromatic carbocycles. The fourth-order valence-corrected chi connectivity index (χ4v) is 3.07. The van der Waals surface area contributed by atoms with E-state index in [-0.39, 0.29) is 6.10 Å². The predicted octanol–water partition coefficient (Wildman–Crippen LogP) is 1.32. The van der Waals surface area contributed by atoms with Crippen molar-refractivity contribution < 1.29 is 5.11 Å². The molecule has 0 radical (unpaired) electrons. The minimum absolute atomic E-state index is 0.0300. The molecule has 0 aromatic rings. The predicted molar refractivity (Wildman–Crippen MR) is 66.5 cm³/mol. The molecule has 1 N–H and O–H groups in total. The molecule has 1 aliphatic carbocycles. The zero-order valence-electron chi connectivity index (χ0n) is 10.7. The first-order valence-electron chi connectivity index (χ1n) is 6.87. The van der Waals surface area contributed by atoms with Crippen molar-refractivity contribution in [3.8, 4) is 0 Å². The summed E-state index contributed by atoms with van der Waals surface area (Å²) in [5, 5.41) is 9.57. The smallest absolute Gasteiger partial charge is 0.0555 e. The van der Waals surface area contributed by atoms with E-state index in [4.69, 9.17) is 0 Å². The second-order valence-electron chi connectivity index (χ2n) is 5.45. The second kappa shape index (κ2) is 5.48. The van der Waals surface area contributed by atoms with E-state index in [1.165, 1.54) is 39.0 Å². The van der Waals surface area contributed by atoms with Crippen LogP contribution in [0.2, 0.25) is 0 Å². The van der Waals surface area contributed by atoms with E-state index in [2.05, 4.69) is 23.6 Å². The first-order chi connectivity index (χ1) is 7.70. The van der Waals surface area contributed by atoms with Crippen molar-refractivity contribution in [3.05, 3.63) is 0 Å². The summed E-state index contributed by atoms with van der Waals surface area (Å²) < 4.78 is 0. The third-order valence-electron chi connectivity index (χ3n) is 4.46. The summed E-state index contributed by atoms with van der Waals surface area (Å²) in [6, 6.07) is 1.39. The van der Waals surface area contributed by atoms with Crippen LogP contribution >= 0.6 is 0 Å². The van der Waals surface area contributed by atoms with Crippen molar-refractivity contribution in [2.75, 3.05) is 26.2 Å². The Morgan fingerprint density at radius 3 is 2.38 bits per heavy atom. The summed E-state index contributed by atoms with van der Waals surface area (Å²) in [7, 11) is 0. The SMILES string of the molecule is CCC(C)N1CCN(C2CCC(O)C2)CC1. The highest BCUT2D eigenvalue weighted by Crippen LogP contribution is 2.25. The summed E-state index contributed by atoms with van der Waals surface area (Å²) in [6.45, 7) is 9.41. The number of nitrogens with zero attached hydrogens (tertiary/aromatic N) is 2. The standard InChI is InChI=1S/C13H26N2O/c1-3-11(2)14-6-8-15(9-7-14)12-4-5-13(16)10-12/h11-13,16H,3-10H2,1-2H3. The summed E-state index contributed by atoms with van der Waals surface area (Å²) in [6.07, 6.45) is 4.43. The van der Waals surface area contributed by atoms with Gasteiger partial charge in [-0.05, 0) is 32.6 Å². The molecule has 1 heterocycles. The van der Waals surface area contributed by atoms with Crippen LogP contribution in [0.5, 0.6) is 0 Å². The third kappa shape index (κ3) is 2.76. The first kappa shape index (κ1) is 12.3. The van der Waals surface area contributed by atoms with Crippen molar-refractivity contribution in [1.29, 1.82) is 0 Å². The molecule has 3 nitrogen and oxygen atoms in total. The first-order valence-corrected chi connectivity index (χ1v) is 6.87. The quantitative estimate of drug-likeness (QED) is 0.786. The van der Waals surface area contributed by atoms with Gasteiger partial charge in [-0.15, -0.1) is 0 Å². The Kier molecular flexibility index (Phi) is 4.22. The number of rotatable bonds is 3. The van der Waals surface area contributed by atoms with Crippen molar-refractivity contribution >= 4 is 0 Å². The molecule has 1 saturated carbocycles. The number of aliphatic hydroxyl groups excluding tert-OH is 1. The molecule has 1 saturated heterocycles. The highest BCUT2D eigenvalue weighted by Gasteiger charge is 2.30. The minimum atomic E-state index is -0.0300. The van der Waals surface area contributed by atoms with E-state index < -0.39 is 0 Å². The number of hydrogen-bond donors (Lipinski definition) is 1.